The second kappa shape index (κ2) is 4.88. The summed E-state index contributed by atoms with van der Waals surface area (Å²) in [4.78, 5) is 11.2. The highest BCUT2D eigenvalue weighted by Crippen LogP contribution is 2.34. The molecule has 2 aromatic heterocycles. The van der Waals surface area contributed by atoms with E-state index in [1.165, 1.54) is 0 Å². The summed E-state index contributed by atoms with van der Waals surface area (Å²) < 4.78 is 1.84. The van der Waals surface area contributed by atoms with E-state index in [1.807, 2.05) is 42.8 Å². The molecule has 0 spiro atoms. The molecular weight excluding hydrogens is 226 g/mol. The topological polar surface area (TPSA) is 46.7 Å². The maximum absolute atomic E-state index is 11.2. The fourth-order valence-corrected chi connectivity index (χ4v) is 2.27. The van der Waals surface area contributed by atoms with Crippen molar-refractivity contribution in [2.45, 2.75) is 39.7 Å². The summed E-state index contributed by atoms with van der Waals surface area (Å²) in [5.41, 5.74) is 2.94. The lowest BCUT2D eigenvalue weighted by atomic mass is 9.92. The number of hydrogen-bond donors (Lipinski definition) is 0. The molecule has 2 rings (SSSR count). The van der Waals surface area contributed by atoms with Gasteiger partial charge in [0, 0.05) is 11.8 Å². The van der Waals surface area contributed by atoms with E-state index < -0.39 is 0 Å². The molecule has 0 saturated heterocycles. The van der Waals surface area contributed by atoms with Crippen molar-refractivity contribution in [1.29, 1.82) is 0 Å². The summed E-state index contributed by atoms with van der Waals surface area (Å²) in [6.07, 6.45) is 1.91. The molecular formula is C14H19N3O. The Morgan fingerprint density at radius 1 is 1.22 bits per heavy atom. The fraction of sp³-hybridized carbons (Fsp3) is 0.500. The summed E-state index contributed by atoms with van der Waals surface area (Å²) in [6.45, 7) is 8.21. The number of pyridine rings is 1. The van der Waals surface area contributed by atoms with Crippen molar-refractivity contribution >= 4 is 5.52 Å². The number of hydrogen-bond acceptors (Lipinski definition) is 3. The molecule has 0 radical (unpaired) electrons. The van der Waals surface area contributed by atoms with Gasteiger partial charge in [-0.25, -0.2) is 4.52 Å². The summed E-state index contributed by atoms with van der Waals surface area (Å²) in [5.74, 6) is 0.455. The second-order valence-electron chi connectivity index (χ2n) is 5.28. The Hall–Kier alpha value is -1.71. The van der Waals surface area contributed by atoms with Gasteiger partial charge in [-0.15, -0.1) is 0 Å². The molecule has 4 nitrogen and oxygen atoms in total. The molecule has 1 atom stereocenters. The SMILES string of the molecule is CC(C)c1nn2ccccc2c1C(N=O)C(C)C. The molecule has 0 aliphatic rings. The Kier molecular flexibility index (Phi) is 3.45. The van der Waals surface area contributed by atoms with Crippen LogP contribution in [0.4, 0.5) is 0 Å². The second-order valence-corrected chi connectivity index (χ2v) is 5.28. The lowest BCUT2D eigenvalue weighted by Crippen LogP contribution is -2.06. The van der Waals surface area contributed by atoms with Crippen LogP contribution in [0.5, 0.6) is 0 Å². The Morgan fingerprint density at radius 3 is 2.50 bits per heavy atom. The average Bonchev–Trinajstić information content (AvgIpc) is 2.70. The van der Waals surface area contributed by atoms with E-state index >= 15 is 0 Å². The Balaban J connectivity index is 2.72. The molecule has 4 heteroatoms. The molecule has 1 unspecified atom stereocenters. The van der Waals surface area contributed by atoms with Gasteiger partial charge in [0.15, 0.2) is 0 Å². The van der Waals surface area contributed by atoms with Crippen LogP contribution in [0.25, 0.3) is 5.52 Å². The van der Waals surface area contributed by atoms with Crippen LogP contribution >= 0.6 is 0 Å². The number of rotatable bonds is 4. The van der Waals surface area contributed by atoms with Crippen LogP contribution in [0.3, 0.4) is 0 Å². The monoisotopic (exact) mass is 245 g/mol. The van der Waals surface area contributed by atoms with E-state index in [2.05, 4.69) is 24.1 Å². The summed E-state index contributed by atoms with van der Waals surface area (Å²) in [6, 6.07) is 5.57. The van der Waals surface area contributed by atoms with Gasteiger partial charge < -0.3 is 0 Å². The molecule has 0 bridgehead atoms. The first-order valence-corrected chi connectivity index (χ1v) is 6.35. The molecule has 2 aromatic rings. The quantitative estimate of drug-likeness (QED) is 0.766. The standard InChI is InChI=1S/C14H19N3O/c1-9(2)13-12(14(16-18)10(3)4)11-7-5-6-8-17(11)15-13/h5-10,14H,1-4H3. The fourth-order valence-electron chi connectivity index (χ4n) is 2.27. The van der Waals surface area contributed by atoms with E-state index in [-0.39, 0.29) is 17.9 Å². The molecule has 0 amide bonds. The van der Waals surface area contributed by atoms with Crippen LogP contribution in [0.2, 0.25) is 0 Å². The Morgan fingerprint density at radius 2 is 1.94 bits per heavy atom. The lowest BCUT2D eigenvalue weighted by molar-refractivity contribution is 0.510. The maximum Gasteiger partial charge on any atom is 0.123 e. The predicted molar refractivity (Wildman–Crippen MR) is 72.7 cm³/mol. The predicted octanol–water partition coefficient (Wildman–Crippen LogP) is 3.92. The first-order valence-electron chi connectivity index (χ1n) is 6.35. The Bertz CT molecular complexity index is 557. The van der Waals surface area contributed by atoms with E-state index in [0.29, 0.717) is 0 Å². The molecule has 0 aromatic carbocycles. The zero-order valence-corrected chi connectivity index (χ0v) is 11.3. The summed E-state index contributed by atoms with van der Waals surface area (Å²) in [7, 11) is 0. The van der Waals surface area contributed by atoms with Crippen molar-refractivity contribution in [2.24, 2.45) is 11.1 Å². The molecule has 2 heterocycles. The first kappa shape index (κ1) is 12.7. The van der Waals surface area contributed by atoms with Crippen LogP contribution in [-0.4, -0.2) is 9.61 Å². The van der Waals surface area contributed by atoms with Gasteiger partial charge in [-0.05, 0) is 24.0 Å². The van der Waals surface area contributed by atoms with Crippen molar-refractivity contribution in [3.8, 4) is 0 Å². The molecule has 96 valence electrons. The highest BCUT2D eigenvalue weighted by atomic mass is 16.3. The minimum Gasteiger partial charge on any atom is -0.240 e. The molecule has 18 heavy (non-hydrogen) atoms. The van der Waals surface area contributed by atoms with Crippen LogP contribution in [0, 0.1) is 10.8 Å². The maximum atomic E-state index is 11.2. The van der Waals surface area contributed by atoms with Gasteiger partial charge >= 0.3 is 0 Å². The van der Waals surface area contributed by atoms with Crippen molar-refractivity contribution in [3.05, 3.63) is 40.6 Å². The van der Waals surface area contributed by atoms with Crippen LogP contribution < -0.4 is 0 Å². The summed E-state index contributed by atoms with van der Waals surface area (Å²) >= 11 is 0. The van der Waals surface area contributed by atoms with Crippen molar-refractivity contribution < 1.29 is 0 Å². The molecule has 0 aliphatic carbocycles. The van der Waals surface area contributed by atoms with Gasteiger partial charge in [-0.3, -0.25) is 0 Å². The zero-order valence-electron chi connectivity index (χ0n) is 11.3. The first-order chi connectivity index (χ1) is 8.56. The van der Waals surface area contributed by atoms with Crippen molar-refractivity contribution in [1.82, 2.24) is 9.61 Å². The molecule has 0 fully saturated rings. The average molecular weight is 245 g/mol. The van der Waals surface area contributed by atoms with E-state index in [4.69, 9.17) is 0 Å². The van der Waals surface area contributed by atoms with Gasteiger partial charge in [0.05, 0.1) is 11.2 Å². The number of aromatic nitrogens is 2. The minimum absolute atomic E-state index is 0.174. The number of nitroso groups, excluding NO2 is 1. The smallest absolute Gasteiger partial charge is 0.123 e. The van der Waals surface area contributed by atoms with E-state index in [9.17, 15) is 4.91 Å². The molecule has 0 saturated carbocycles. The van der Waals surface area contributed by atoms with Crippen LogP contribution in [0.1, 0.15) is 50.9 Å². The third-order valence-corrected chi connectivity index (χ3v) is 3.19. The van der Waals surface area contributed by atoms with Crippen molar-refractivity contribution in [3.63, 3.8) is 0 Å². The van der Waals surface area contributed by atoms with Gasteiger partial charge in [0.25, 0.3) is 0 Å². The lowest BCUT2D eigenvalue weighted by Gasteiger charge is -2.14. The van der Waals surface area contributed by atoms with Gasteiger partial charge in [0.2, 0.25) is 0 Å². The van der Waals surface area contributed by atoms with Gasteiger partial charge in [0.1, 0.15) is 6.04 Å². The third kappa shape index (κ3) is 2.03. The van der Waals surface area contributed by atoms with Crippen molar-refractivity contribution in [2.75, 3.05) is 0 Å². The third-order valence-electron chi connectivity index (χ3n) is 3.19. The van der Waals surface area contributed by atoms with Crippen LogP contribution in [-0.2, 0) is 0 Å². The van der Waals surface area contributed by atoms with Gasteiger partial charge in [-0.1, -0.05) is 38.9 Å². The van der Waals surface area contributed by atoms with E-state index in [0.717, 1.165) is 16.8 Å². The largest absolute Gasteiger partial charge is 0.240 e. The number of nitrogens with zero attached hydrogens (tertiary/aromatic N) is 3. The summed E-state index contributed by atoms with van der Waals surface area (Å²) in [5, 5.41) is 7.90. The van der Waals surface area contributed by atoms with E-state index in [1.54, 1.807) is 0 Å². The zero-order chi connectivity index (χ0) is 13.3. The highest BCUT2D eigenvalue weighted by Gasteiger charge is 2.26. The highest BCUT2D eigenvalue weighted by molar-refractivity contribution is 5.58. The molecule has 0 aliphatic heterocycles. The minimum atomic E-state index is -0.331. The van der Waals surface area contributed by atoms with Gasteiger partial charge in [-0.2, -0.15) is 10.0 Å². The molecule has 0 N–H and O–H groups in total. The van der Waals surface area contributed by atoms with Crippen LogP contribution in [0.15, 0.2) is 29.6 Å². The normalized spacial score (nSPS) is 13.4. The Labute approximate surface area is 107 Å². The number of fused-ring (bicyclic) bond motifs is 1.